The zero-order chi connectivity index (χ0) is 11.1. The van der Waals surface area contributed by atoms with Gasteiger partial charge in [-0.05, 0) is 13.8 Å². The first-order chi connectivity index (χ1) is 6.49. The van der Waals surface area contributed by atoms with Crippen molar-refractivity contribution < 1.29 is 24.2 Å². The Morgan fingerprint density at radius 2 is 2.00 bits per heavy atom. The molecule has 1 amide bonds. The van der Waals surface area contributed by atoms with Crippen molar-refractivity contribution >= 4 is 17.8 Å². The molecule has 2 N–H and O–H groups in total. The summed E-state index contributed by atoms with van der Waals surface area (Å²) >= 11 is 0. The molecule has 0 aromatic carbocycles. The molecule has 0 aliphatic heterocycles. The van der Waals surface area contributed by atoms with Crippen LogP contribution in [0.15, 0.2) is 0 Å². The van der Waals surface area contributed by atoms with Gasteiger partial charge in [0, 0.05) is 0 Å². The lowest BCUT2D eigenvalue weighted by Gasteiger charge is -2.07. The number of ether oxygens (including phenoxy) is 1. The molecule has 0 saturated heterocycles. The molecule has 0 aliphatic rings. The zero-order valence-electron chi connectivity index (χ0n) is 8.07. The standard InChI is InChI=1S/C8H13NO5/c1-3-14-6(10)4-9-7(11)5(2)8(12)13/h5H,3-4H2,1-2H3,(H,9,11)(H,12,13). The number of aliphatic carboxylic acids is 1. The quantitative estimate of drug-likeness (QED) is 0.459. The van der Waals surface area contributed by atoms with Crippen LogP contribution >= 0.6 is 0 Å². The number of esters is 1. The van der Waals surface area contributed by atoms with Gasteiger partial charge in [0.2, 0.25) is 5.91 Å². The first-order valence-electron chi connectivity index (χ1n) is 4.15. The lowest BCUT2D eigenvalue weighted by Crippen LogP contribution is -2.37. The Morgan fingerprint density at radius 1 is 1.43 bits per heavy atom. The van der Waals surface area contributed by atoms with Crippen molar-refractivity contribution in [2.75, 3.05) is 13.2 Å². The highest BCUT2D eigenvalue weighted by Gasteiger charge is 2.20. The maximum Gasteiger partial charge on any atom is 0.325 e. The second-order valence-corrected chi connectivity index (χ2v) is 2.58. The second kappa shape index (κ2) is 5.95. The van der Waals surface area contributed by atoms with Crippen LogP contribution in [0.1, 0.15) is 13.8 Å². The van der Waals surface area contributed by atoms with Gasteiger partial charge >= 0.3 is 11.9 Å². The first-order valence-corrected chi connectivity index (χ1v) is 4.15. The zero-order valence-corrected chi connectivity index (χ0v) is 8.07. The van der Waals surface area contributed by atoms with Gasteiger partial charge in [-0.2, -0.15) is 0 Å². The number of amides is 1. The Hall–Kier alpha value is -1.59. The maximum absolute atomic E-state index is 11.0. The smallest absolute Gasteiger partial charge is 0.325 e. The van der Waals surface area contributed by atoms with Crippen LogP contribution in [0.5, 0.6) is 0 Å². The number of carboxylic acid groups (broad SMARTS) is 1. The Morgan fingerprint density at radius 3 is 2.43 bits per heavy atom. The molecule has 0 aromatic heterocycles. The summed E-state index contributed by atoms with van der Waals surface area (Å²) in [6.07, 6.45) is 0. The molecule has 0 aliphatic carbocycles. The van der Waals surface area contributed by atoms with Gasteiger partial charge < -0.3 is 15.2 Å². The lowest BCUT2D eigenvalue weighted by molar-refractivity contribution is -0.149. The number of carbonyl (C=O) groups is 3. The fourth-order valence-electron chi connectivity index (χ4n) is 0.637. The van der Waals surface area contributed by atoms with Gasteiger partial charge in [-0.15, -0.1) is 0 Å². The van der Waals surface area contributed by atoms with E-state index >= 15 is 0 Å². The minimum absolute atomic E-state index is 0.225. The normalized spacial score (nSPS) is 11.6. The highest BCUT2D eigenvalue weighted by molar-refractivity contribution is 5.97. The van der Waals surface area contributed by atoms with Crippen LogP contribution < -0.4 is 5.32 Å². The van der Waals surface area contributed by atoms with Crippen molar-refractivity contribution in [1.29, 1.82) is 0 Å². The number of rotatable bonds is 5. The third-order valence-corrected chi connectivity index (χ3v) is 1.48. The molecule has 0 radical (unpaired) electrons. The van der Waals surface area contributed by atoms with Crippen molar-refractivity contribution in [2.45, 2.75) is 13.8 Å². The highest BCUT2D eigenvalue weighted by atomic mass is 16.5. The summed E-state index contributed by atoms with van der Waals surface area (Å²) in [5, 5.41) is 10.6. The summed E-state index contributed by atoms with van der Waals surface area (Å²) in [4.78, 5) is 32.1. The van der Waals surface area contributed by atoms with Gasteiger partial charge in [0.15, 0.2) is 0 Å². The first kappa shape index (κ1) is 12.4. The number of hydrogen-bond donors (Lipinski definition) is 2. The minimum Gasteiger partial charge on any atom is -0.481 e. The fraction of sp³-hybridized carbons (Fsp3) is 0.625. The molecule has 6 heteroatoms. The van der Waals surface area contributed by atoms with Gasteiger partial charge in [0.25, 0.3) is 0 Å². The van der Waals surface area contributed by atoms with Gasteiger partial charge in [0.1, 0.15) is 12.5 Å². The summed E-state index contributed by atoms with van der Waals surface area (Å²) in [6.45, 7) is 2.80. The molecular formula is C8H13NO5. The van der Waals surface area contributed by atoms with Gasteiger partial charge in [-0.25, -0.2) is 0 Å². The van der Waals surface area contributed by atoms with Crippen LogP contribution in [-0.2, 0) is 19.1 Å². The average Bonchev–Trinajstić information content (AvgIpc) is 2.13. The van der Waals surface area contributed by atoms with Crippen molar-refractivity contribution in [3.8, 4) is 0 Å². The molecule has 0 rings (SSSR count). The predicted octanol–water partition coefficient (Wildman–Crippen LogP) is -0.614. The topological polar surface area (TPSA) is 92.7 Å². The molecule has 1 unspecified atom stereocenters. The van der Waals surface area contributed by atoms with E-state index in [1.807, 2.05) is 0 Å². The third-order valence-electron chi connectivity index (χ3n) is 1.48. The van der Waals surface area contributed by atoms with Crippen LogP contribution in [-0.4, -0.2) is 36.1 Å². The third kappa shape index (κ3) is 4.44. The van der Waals surface area contributed by atoms with E-state index in [4.69, 9.17) is 5.11 Å². The number of carbonyl (C=O) groups excluding carboxylic acids is 2. The van der Waals surface area contributed by atoms with E-state index in [0.717, 1.165) is 0 Å². The number of hydrogen-bond acceptors (Lipinski definition) is 4. The van der Waals surface area contributed by atoms with E-state index in [0.29, 0.717) is 0 Å². The van der Waals surface area contributed by atoms with Crippen molar-refractivity contribution in [3.63, 3.8) is 0 Å². The summed E-state index contributed by atoms with van der Waals surface area (Å²) < 4.78 is 4.53. The summed E-state index contributed by atoms with van der Waals surface area (Å²) in [5.41, 5.74) is 0. The van der Waals surface area contributed by atoms with Crippen molar-refractivity contribution in [1.82, 2.24) is 5.32 Å². The molecule has 0 aromatic rings. The van der Waals surface area contributed by atoms with E-state index in [1.165, 1.54) is 6.92 Å². The van der Waals surface area contributed by atoms with Crippen LogP contribution in [0.4, 0.5) is 0 Å². The van der Waals surface area contributed by atoms with Crippen LogP contribution in [0.2, 0.25) is 0 Å². The molecule has 1 atom stereocenters. The molecule has 0 heterocycles. The van der Waals surface area contributed by atoms with E-state index in [-0.39, 0.29) is 13.2 Å². The van der Waals surface area contributed by atoms with E-state index in [1.54, 1.807) is 6.92 Å². The van der Waals surface area contributed by atoms with Crippen LogP contribution in [0, 0.1) is 5.92 Å². The number of carboxylic acids is 1. The summed E-state index contributed by atoms with van der Waals surface area (Å²) in [7, 11) is 0. The molecule has 0 spiro atoms. The van der Waals surface area contributed by atoms with Gasteiger partial charge in [-0.1, -0.05) is 0 Å². The SMILES string of the molecule is CCOC(=O)CNC(=O)C(C)C(=O)O. The Labute approximate surface area is 81.2 Å². The van der Waals surface area contributed by atoms with Crippen LogP contribution in [0.25, 0.3) is 0 Å². The Balaban J connectivity index is 3.85. The lowest BCUT2D eigenvalue weighted by atomic mass is 10.2. The van der Waals surface area contributed by atoms with Crippen molar-refractivity contribution in [3.05, 3.63) is 0 Å². The molecular weight excluding hydrogens is 190 g/mol. The Kier molecular flexibility index (Phi) is 5.28. The van der Waals surface area contributed by atoms with Crippen LogP contribution in [0.3, 0.4) is 0 Å². The van der Waals surface area contributed by atoms with E-state index < -0.39 is 23.8 Å². The van der Waals surface area contributed by atoms with Gasteiger partial charge in [0.05, 0.1) is 6.61 Å². The average molecular weight is 203 g/mol. The minimum atomic E-state index is -1.23. The molecule has 6 nitrogen and oxygen atoms in total. The monoisotopic (exact) mass is 203 g/mol. The van der Waals surface area contributed by atoms with E-state index in [9.17, 15) is 14.4 Å². The number of nitrogens with one attached hydrogen (secondary N) is 1. The second-order valence-electron chi connectivity index (χ2n) is 2.58. The molecule has 0 fully saturated rings. The van der Waals surface area contributed by atoms with Crippen molar-refractivity contribution in [2.24, 2.45) is 5.92 Å². The fourth-order valence-corrected chi connectivity index (χ4v) is 0.637. The summed E-state index contributed by atoms with van der Waals surface area (Å²) in [5.74, 6) is -3.68. The highest BCUT2D eigenvalue weighted by Crippen LogP contribution is 1.93. The Bertz CT molecular complexity index is 238. The molecule has 0 saturated carbocycles. The summed E-state index contributed by atoms with van der Waals surface area (Å²) in [6, 6.07) is 0. The molecule has 14 heavy (non-hydrogen) atoms. The van der Waals surface area contributed by atoms with E-state index in [2.05, 4.69) is 10.1 Å². The molecule has 0 bridgehead atoms. The largest absolute Gasteiger partial charge is 0.481 e. The maximum atomic E-state index is 11.0. The van der Waals surface area contributed by atoms with Gasteiger partial charge in [-0.3, -0.25) is 14.4 Å². The molecule has 80 valence electrons. The predicted molar refractivity (Wildman–Crippen MR) is 46.4 cm³/mol.